The second-order valence-electron chi connectivity index (χ2n) is 6.59. The first-order valence-corrected chi connectivity index (χ1v) is 8.79. The first kappa shape index (κ1) is 14.4. The molecule has 1 aromatic rings. The molecule has 1 aromatic carbocycles. The first-order valence-electron chi connectivity index (χ1n) is 7.91. The molecule has 1 fully saturated rings. The summed E-state index contributed by atoms with van der Waals surface area (Å²) in [6, 6.07) is 9.60. The maximum atomic E-state index is 3.67. The standard InChI is InChI=1S/C17H26N2S/c1-13(2)9-15-11-19(8-7-18-15)12-16-10-14-5-3-4-6-17(14)20-16/h3-6,13,15-16,18H,7-12H2,1-2H3. The number of piperazine rings is 1. The molecular formula is C17H26N2S. The van der Waals surface area contributed by atoms with E-state index in [-0.39, 0.29) is 0 Å². The molecule has 20 heavy (non-hydrogen) atoms. The zero-order valence-electron chi connectivity index (χ0n) is 12.6. The van der Waals surface area contributed by atoms with E-state index in [2.05, 4.69) is 60.1 Å². The third-order valence-electron chi connectivity index (χ3n) is 4.27. The number of rotatable bonds is 4. The van der Waals surface area contributed by atoms with Gasteiger partial charge in [-0.3, -0.25) is 4.90 Å². The van der Waals surface area contributed by atoms with Gasteiger partial charge >= 0.3 is 0 Å². The van der Waals surface area contributed by atoms with Crippen LogP contribution in [0.25, 0.3) is 0 Å². The monoisotopic (exact) mass is 290 g/mol. The van der Waals surface area contributed by atoms with E-state index in [1.165, 1.54) is 37.4 Å². The maximum absolute atomic E-state index is 3.67. The largest absolute Gasteiger partial charge is 0.311 e. The van der Waals surface area contributed by atoms with Crippen LogP contribution in [0.15, 0.2) is 29.2 Å². The number of fused-ring (bicyclic) bond motifs is 1. The topological polar surface area (TPSA) is 15.3 Å². The molecule has 0 radical (unpaired) electrons. The third-order valence-corrected chi connectivity index (χ3v) is 5.57. The van der Waals surface area contributed by atoms with Crippen molar-refractivity contribution in [2.45, 2.75) is 42.9 Å². The minimum Gasteiger partial charge on any atom is -0.311 e. The molecule has 2 aliphatic heterocycles. The molecule has 0 saturated carbocycles. The lowest BCUT2D eigenvalue weighted by molar-refractivity contribution is 0.187. The van der Waals surface area contributed by atoms with E-state index in [1.54, 1.807) is 5.56 Å². The molecule has 2 unspecified atom stereocenters. The van der Waals surface area contributed by atoms with Gasteiger partial charge < -0.3 is 5.32 Å². The lowest BCUT2D eigenvalue weighted by Crippen LogP contribution is -2.52. The fraction of sp³-hybridized carbons (Fsp3) is 0.647. The smallest absolute Gasteiger partial charge is 0.0263 e. The van der Waals surface area contributed by atoms with Gasteiger partial charge in [0.15, 0.2) is 0 Å². The summed E-state index contributed by atoms with van der Waals surface area (Å²) in [7, 11) is 0. The Kier molecular flexibility index (Phi) is 4.69. The van der Waals surface area contributed by atoms with E-state index in [9.17, 15) is 0 Å². The molecule has 2 aliphatic rings. The fourth-order valence-electron chi connectivity index (χ4n) is 3.43. The highest BCUT2D eigenvalue weighted by Gasteiger charge is 2.26. The van der Waals surface area contributed by atoms with Crippen LogP contribution in [0.2, 0.25) is 0 Å². The van der Waals surface area contributed by atoms with Gasteiger partial charge in [-0.2, -0.15) is 0 Å². The Hall–Kier alpha value is -0.510. The molecular weight excluding hydrogens is 264 g/mol. The second kappa shape index (κ2) is 6.50. The van der Waals surface area contributed by atoms with Gasteiger partial charge in [-0.15, -0.1) is 11.8 Å². The summed E-state index contributed by atoms with van der Waals surface area (Å²) in [4.78, 5) is 4.18. The van der Waals surface area contributed by atoms with Gasteiger partial charge in [-0.05, 0) is 30.4 Å². The van der Waals surface area contributed by atoms with Gasteiger partial charge in [0, 0.05) is 42.4 Å². The maximum Gasteiger partial charge on any atom is 0.0263 e. The van der Waals surface area contributed by atoms with Crippen LogP contribution in [0.5, 0.6) is 0 Å². The van der Waals surface area contributed by atoms with Gasteiger partial charge in [0.25, 0.3) is 0 Å². The molecule has 110 valence electrons. The van der Waals surface area contributed by atoms with Gasteiger partial charge in [0.2, 0.25) is 0 Å². The Morgan fingerprint density at radius 2 is 2.20 bits per heavy atom. The van der Waals surface area contributed by atoms with Crippen molar-refractivity contribution in [2.24, 2.45) is 5.92 Å². The van der Waals surface area contributed by atoms with E-state index in [0.29, 0.717) is 6.04 Å². The van der Waals surface area contributed by atoms with Crippen molar-refractivity contribution >= 4 is 11.8 Å². The van der Waals surface area contributed by atoms with E-state index >= 15 is 0 Å². The molecule has 2 heterocycles. The molecule has 0 aromatic heterocycles. The van der Waals surface area contributed by atoms with Crippen molar-refractivity contribution < 1.29 is 0 Å². The van der Waals surface area contributed by atoms with Crippen LogP contribution in [0.1, 0.15) is 25.8 Å². The molecule has 3 rings (SSSR count). The minimum atomic E-state index is 0.692. The Labute approximate surface area is 127 Å². The lowest BCUT2D eigenvalue weighted by Gasteiger charge is -2.35. The number of thioether (sulfide) groups is 1. The summed E-state index contributed by atoms with van der Waals surface area (Å²) >= 11 is 2.08. The number of hydrogen-bond donors (Lipinski definition) is 1. The average Bonchev–Trinajstić information content (AvgIpc) is 2.80. The average molecular weight is 290 g/mol. The van der Waals surface area contributed by atoms with Crippen LogP contribution in [0.4, 0.5) is 0 Å². The Morgan fingerprint density at radius 1 is 1.35 bits per heavy atom. The van der Waals surface area contributed by atoms with Gasteiger partial charge in [-0.25, -0.2) is 0 Å². The summed E-state index contributed by atoms with van der Waals surface area (Å²) in [6.45, 7) is 9.49. The highest BCUT2D eigenvalue weighted by Crippen LogP contribution is 2.37. The quantitative estimate of drug-likeness (QED) is 0.917. The first-order chi connectivity index (χ1) is 9.70. The van der Waals surface area contributed by atoms with E-state index < -0.39 is 0 Å². The number of benzene rings is 1. The van der Waals surface area contributed by atoms with E-state index in [4.69, 9.17) is 0 Å². The number of nitrogens with zero attached hydrogens (tertiary/aromatic N) is 1. The zero-order valence-corrected chi connectivity index (χ0v) is 13.5. The third kappa shape index (κ3) is 3.57. The number of nitrogens with one attached hydrogen (secondary N) is 1. The Balaban J connectivity index is 1.52. The van der Waals surface area contributed by atoms with Crippen molar-refractivity contribution in [3.8, 4) is 0 Å². The van der Waals surface area contributed by atoms with Crippen molar-refractivity contribution in [1.82, 2.24) is 10.2 Å². The summed E-state index contributed by atoms with van der Waals surface area (Å²) in [5.41, 5.74) is 1.55. The van der Waals surface area contributed by atoms with E-state index in [1.807, 2.05) is 0 Å². The molecule has 3 heteroatoms. The highest BCUT2D eigenvalue weighted by atomic mass is 32.2. The van der Waals surface area contributed by atoms with Crippen molar-refractivity contribution in [3.63, 3.8) is 0 Å². The molecule has 2 nitrogen and oxygen atoms in total. The Bertz CT molecular complexity index is 421. The van der Waals surface area contributed by atoms with Crippen LogP contribution in [-0.4, -0.2) is 42.4 Å². The summed E-state index contributed by atoms with van der Waals surface area (Å²) < 4.78 is 0. The normalized spacial score (nSPS) is 26.9. The van der Waals surface area contributed by atoms with Gasteiger partial charge in [0.05, 0.1) is 0 Å². The summed E-state index contributed by atoms with van der Waals surface area (Å²) in [5.74, 6) is 0.789. The SMILES string of the molecule is CC(C)CC1CN(CC2Cc3ccccc3S2)CCN1. The van der Waals surface area contributed by atoms with Crippen molar-refractivity contribution in [1.29, 1.82) is 0 Å². The molecule has 2 atom stereocenters. The van der Waals surface area contributed by atoms with Gasteiger partial charge in [0.1, 0.15) is 0 Å². The van der Waals surface area contributed by atoms with Crippen molar-refractivity contribution in [3.05, 3.63) is 29.8 Å². The van der Waals surface area contributed by atoms with Crippen molar-refractivity contribution in [2.75, 3.05) is 26.2 Å². The zero-order chi connectivity index (χ0) is 13.9. The molecule has 1 N–H and O–H groups in total. The predicted octanol–water partition coefficient (Wildman–Crippen LogP) is 3.02. The van der Waals surface area contributed by atoms with Crippen LogP contribution in [0.3, 0.4) is 0 Å². The molecule has 0 spiro atoms. The van der Waals surface area contributed by atoms with E-state index in [0.717, 1.165) is 17.7 Å². The fourth-order valence-corrected chi connectivity index (χ4v) is 4.80. The molecule has 0 bridgehead atoms. The summed E-state index contributed by atoms with van der Waals surface area (Å²) in [5, 5.41) is 4.43. The Morgan fingerprint density at radius 3 is 3.00 bits per heavy atom. The van der Waals surface area contributed by atoms with Crippen LogP contribution < -0.4 is 5.32 Å². The minimum absolute atomic E-state index is 0.692. The second-order valence-corrected chi connectivity index (χ2v) is 7.93. The molecule has 0 aliphatic carbocycles. The highest BCUT2D eigenvalue weighted by molar-refractivity contribution is 8.00. The van der Waals surface area contributed by atoms with Gasteiger partial charge in [-0.1, -0.05) is 32.0 Å². The predicted molar refractivity (Wildman–Crippen MR) is 87.5 cm³/mol. The van der Waals surface area contributed by atoms with Crippen LogP contribution >= 0.6 is 11.8 Å². The number of hydrogen-bond acceptors (Lipinski definition) is 3. The molecule has 0 amide bonds. The molecule has 1 saturated heterocycles. The van der Waals surface area contributed by atoms with Crippen LogP contribution in [-0.2, 0) is 6.42 Å². The van der Waals surface area contributed by atoms with Crippen LogP contribution in [0, 0.1) is 5.92 Å². The summed E-state index contributed by atoms with van der Waals surface area (Å²) in [6.07, 6.45) is 2.55. The lowest BCUT2D eigenvalue weighted by atomic mass is 10.0.